The van der Waals surface area contributed by atoms with Gasteiger partial charge >= 0.3 is 0 Å². The molecule has 20 heavy (non-hydrogen) atoms. The summed E-state index contributed by atoms with van der Waals surface area (Å²) in [5.41, 5.74) is 5.45. The van der Waals surface area contributed by atoms with E-state index in [1.54, 1.807) is 10.9 Å². The maximum Gasteiger partial charge on any atom is 0.222 e. The van der Waals surface area contributed by atoms with Crippen molar-refractivity contribution in [1.82, 2.24) is 15.1 Å². The molecule has 7 heteroatoms. The summed E-state index contributed by atoms with van der Waals surface area (Å²) in [6, 6.07) is 1.85. The third kappa shape index (κ3) is 7.72. The van der Waals surface area contributed by atoms with Crippen LogP contribution in [0.15, 0.2) is 18.5 Å². The molecule has 0 radical (unpaired) electrons. The highest BCUT2D eigenvalue weighted by molar-refractivity contribution is 5.85. The first-order valence-corrected chi connectivity index (χ1v) is 6.44. The molecule has 0 saturated carbocycles. The standard InChI is InChI=1S/C13H24N4O.2ClH/c1-11(2)9-13(3,10-14)16-12(18)5-8-17-7-4-6-15-17;;/h4,6-7,11H,5,8-10,14H2,1-3H3,(H,16,18);2*1H. The highest BCUT2D eigenvalue weighted by Gasteiger charge is 2.25. The van der Waals surface area contributed by atoms with Crippen LogP contribution in [-0.4, -0.2) is 27.8 Å². The highest BCUT2D eigenvalue weighted by Crippen LogP contribution is 2.15. The number of amides is 1. The first-order chi connectivity index (χ1) is 8.45. The van der Waals surface area contributed by atoms with E-state index in [1.165, 1.54) is 0 Å². The predicted octanol–water partition coefficient (Wildman–Crippen LogP) is 2.00. The zero-order valence-corrected chi connectivity index (χ0v) is 14.0. The maximum atomic E-state index is 11.9. The second-order valence-electron chi connectivity index (χ2n) is 5.43. The van der Waals surface area contributed by atoms with Crippen LogP contribution in [0.2, 0.25) is 0 Å². The molecule has 0 spiro atoms. The largest absolute Gasteiger partial charge is 0.350 e. The molecule has 0 aliphatic heterocycles. The van der Waals surface area contributed by atoms with Crippen molar-refractivity contribution < 1.29 is 4.79 Å². The number of carbonyl (C=O) groups excluding carboxylic acids is 1. The molecule has 0 aromatic carbocycles. The summed E-state index contributed by atoms with van der Waals surface area (Å²) < 4.78 is 1.75. The Morgan fingerprint density at radius 2 is 2.10 bits per heavy atom. The second-order valence-corrected chi connectivity index (χ2v) is 5.43. The number of hydrogen-bond donors (Lipinski definition) is 2. The number of halogens is 2. The lowest BCUT2D eigenvalue weighted by molar-refractivity contribution is -0.123. The van der Waals surface area contributed by atoms with Crippen LogP contribution >= 0.6 is 24.8 Å². The predicted molar refractivity (Wildman–Crippen MR) is 86.4 cm³/mol. The van der Waals surface area contributed by atoms with Crippen LogP contribution in [0.25, 0.3) is 0 Å². The van der Waals surface area contributed by atoms with E-state index in [-0.39, 0.29) is 36.3 Å². The molecule has 3 N–H and O–H groups in total. The van der Waals surface area contributed by atoms with Crippen molar-refractivity contribution in [2.45, 2.75) is 45.7 Å². The molecule has 0 bridgehead atoms. The Hall–Kier alpha value is -0.780. The van der Waals surface area contributed by atoms with Crippen LogP contribution in [0.4, 0.5) is 0 Å². The summed E-state index contributed by atoms with van der Waals surface area (Å²) in [5.74, 6) is 0.532. The van der Waals surface area contributed by atoms with Gasteiger partial charge in [0.1, 0.15) is 0 Å². The van der Waals surface area contributed by atoms with E-state index in [0.717, 1.165) is 6.42 Å². The lowest BCUT2D eigenvalue weighted by Crippen LogP contribution is -2.52. The van der Waals surface area contributed by atoms with Crippen molar-refractivity contribution in [2.24, 2.45) is 11.7 Å². The van der Waals surface area contributed by atoms with Crippen molar-refractivity contribution in [2.75, 3.05) is 6.54 Å². The number of nitrogens with zero attached hydrogens (tertiary/aromatic N) is 2. The number of aryl methyl sites for hydroxylation is 1. The zero-order valence-electron chi connectivity index (χ0n) is 12.3. The van der Waals surface area contributed by atoms with Crippen LogP contribution in [0.1, 0.15) is 33.6 Å². The Morgan fingerprint density at radius 1 is 1.45 bits per heavy atom. The molecule has 1 amide bonds. The first-order valence-electron chi connectivity index (χ1n) is 6.44. The van der Waals surface area contributed by atoms with Gasteiger partial charge in [0.05, 0.1) is 0 Å². The van der Waals surface area contributed by atoms with Gasteiger partial charge < -0.3 is 11.1 Å². The van der Waals surface area contributed by atoms with E-state index in [4.69, 9.17) is 5.73 Å². The van der Waals surface area contributed by atoms with Crippen LogP contribution < -0.4 is 11.1 Å². The molecular weight excluding hydrogens is 299 g/mol. The Balaban J connectivity index is 0. The number of nitrogens with two attached hydrogens (primary N) is 1. The smallest absolute Gasteiger partial charge is 0.222 e. The van der Waals surface area contributed by atoms with Gasteiger partial charge in [0.25, 0.3) is 0 Å². The minimum Gasteiger partial charge on any atom is -0.350 e. The summed E-state index contributed by atoms with van der Waals surface area (Å²) in [6.07, 6.45) is 4.87. The van der Waals surface area contributed by atoms with Gasteiger partial charge in [-0.15, -0.1) is 24.8 Å². The lowest BCUT2D eigenvalue weighted by Gasteiger charge is -2.31. The molecule has 5 nitrogen and oxygen atoms in total. The van der Waals surface area contributed by atoms with Gasteiger partial charge in [0.2, 0.25) is 5.91 Å². The summed E-state index contributed by atoms with van der Waals surface area (Å²) >= 11 is 0. The fourth-order valence-electron chi connectivity index (χ4n) is 2.13. The lowest BCUT2D eigenvalue weighted by atomic mass is 9.90. The summed E-state index contributed by atoms with van der Waals surface area (Å²) in [4.78, 5) is 11.9. The number of nitrogens with one attached hydrogen (secondary N) is 1. The molecule has 1 atom stereocenters. The normalized spacial score (nSPS) is 13.1. The van der Waals surface area contributed by atoms with Crippen LogP contribution in [0.5, 0.6) is 0 Å². The fraction of sp³-hybridized carbons (Fsp3) is 0.692. The maximum absolute atomic E-state index is 11.9. The average molecular weight is 325 g/mol. The number of aromatic nitrogens is 2. The molecule has 1 rings (SSSR count). The van der Waals surface area contributed by atoms with Crippen molar-refractivity contribution in [3.05, 3.63) is 18.5 Å². The van der Waals surface area contributed by atoms with Crippen molar-refractivity contribution in [1.29, 1.82) is 0 Å². The Morgan fingerprint density at radius 3 is 2.55 bits per heavy atom. The molecule has 0 aliphatic rings. The van der Waals surface area contributed by atoms with Crippen LogP contribution in [0.3, 0.4) is 0 Å². The molecule has 1 aromatic rings. The summed E-state index contributed by atoms with van der Waals surface area (Å²) in [6.45, 7) is 7.31. The average Bonchev–Trinajstić information content (AvgIpc) is 2.78. The Bertz CT molecular complexity index is 370. The van der Waals surface area contributed by atoms with Crippen molar-refractivity contribution in [3.8, 4) is 0 Å². The van der Waals surface area contributed by atoms with Gasteiger partial charge in [-0.05, 0) is 25.3 Å². The molecule has 0 aliphatic carbocycles. The Kier molecular flexibility index (Phi) is 10.8. The van der Waals surface area contributed by atoms with Crippen LogP contribution in [0, 0.1) is 5.92 Å². The third-order valence-corrected chi connectivity index (χ3v) is 2.88. The minimum atomic E-state index is -0.310. The van der Waals surface area contributed by atoms with E-state index in [9.17, 15) is 4.79 Å². The molecule has 0 saturated heterocycles. The number of hydrogen-bond acceptors (Lipinski definition) is 3. The van der Waals surface area contributed by atoms with Gasteiger partial charge in [-0.3, -0.25) is 9.48 Å². The summed E-state index contributed by atoms with van der Waals surface area (Å²) in [5, 5.41) is 7.10. The van der Waals surface area contributed by atoms with E-state index in [1.807, 2.05) is 19.2 Å². The molecule has 1 heterocycles. The van der Waals surface area contributed by atoms with E-state index >= 15 is 0 Å². The van der Waals surface area contributed by atoms with Gasteiger partial charge in [-0.1, -0.05) is 13.8 Å². The molecule has 1 unspecified atom stereocenters. The minimum absolute atomic E-state index is 0. The highest BCUT2D eigenvalue weighted by atomic mass is 35.5. The van der Waals surface area contributed by atoms with Gasteiger partial charge in [0, 0.05) is 37.4 Å². The van der Waals surface area contributed by atoms with E-state index < -0.39 is 0 Å². The SMILES string of the molecule is CC(C)CC(C)(CN)NC(=O)CCn1cccn1.Cl.Cl. The van der Waals surface area contributed by atoms with Crippen LogP contribution in [-0.2, 0) is 11.3 Å². The first kappa shape index (κ1) is 21.5. The van der Waals surface area contributed by atoms with E-state index in [0.29, 0.717) is 25.4 Å². The zero-order chi connectivity index (χ0) is 13.6. The van der Waals surface area contributed by atoms with E-state index in [2.05, 4.69) is 24.3 Å². The topological polar surface area (TPSA) is 72.9 Å². The molecular formula is C13H26Cl2N4O. The monoisotopic (exact) mass is 324 g/mol. The fourth-order valence-corrected chi connectivity index (χ4v) is 2.13. The molecule has 1 aromatic heterocycles. The van der Waals surface area contributed by atoms with Gasteiger partial charge in [-0.25, -0.2) is 0 Å². The van der Waals surface area contributed by atoms with Gasteiger partial charge in [0.15, 0.2) is 0 Å². The summed E-state index contributed by atoms with van der Waals surface area (Å²) in [7, 11) is 0. The number of carbonyl (C=O) groups is 1. The van der Waals surface area contributed by atoms with Gasteiger partial charge in [-0.2, -0.15) is 5.10 Å². The molecule has 0 fully saturated rings. The van der Waals surface area contributed by atoms with Crippen molar-refractivity contribution >= 4 is 30.7 Å². The number of rotatable bonds is 7. The second kappa shape index (κ2) is 10.0. The Labute approximate surface area is 133 Å². The quantitative estimate of drug-likeness (QED) is 0.805. The molecule has 118 valence electrons. The third-order valence-electron chi connectivity index (χ3n) is 2.88. The van der Waals surface area contributed by atoms with Crippen molar-refractivity contribution in [3.63, 3.8) is 0 Å².